The van der Waals surface area contributed by atoms with Gasteiger partial charge >= 0.3 is 0 Å². The van der Waals surface area contributed by atoms with Crippen molar-refractivity contribution < 1.29 is 27.6 Å². The Kier molecular flexibility index (Phi) is 5.27. The first-order chi connectivity index (χ1) is 11.2. The molecule has 0 unspecified atom stereocenters. The highest BCUT2D eigenvalue weighted by Crippen LogP contribution is 2.31. The highest BCUT2D eigenvalue weighted by Gasteiger charge is 2.30. The zero-order chi connectivity index (χ0) is 17.9. The summed E-state index contributed by atoms with van der Waals surface area (Å²) in [6, 6.07) is 3.37. The summed E-state index contributed by atoms with van der Waals surface area (Å²) in [5, 5.41) is 13.4. The molecule has 132 valence electrons. The van der Waals surface area contributed by atoms with Crippen molar-refractivity contribution in [1.29, 1.82) is 0 Å². The molecule has 0 aliphatic carbocycles. The molecule has 2 rings (SSSR count). The third-order valence-electron chi connectivity index (χ3n) is 3.61. The molecular formula is C14H18N2O7S. The number of non-ortho nitro benzene ring substituents is 1. The number of nitrogens with zero attached hydrogens (tertiary/aromatic N) is 1. The molecule has 1 N–H and O–H groups in total. The average Bonchev–Trinajstić information content (AvgIpc) is 2.85. The zero-order valence-corrected chi connectivity index (χ0v) is 14.0. The number of ether oxygens (including phenoxy) is 2. The quantitative estimate of drug-likeness (QED) is 0.585. The summed E-state index contributed by atoms with van der Waals surface area (Å²) >= 11 is 0. The van der Waals surface area contributed by atoms with Gasteiger partial charge in [0.25, 0.3) is 11.6 Å². The first-order valence-electron chi connectivity index (χ1n) is 7.21. The number of nitrogens with one attached hydrogen (secondary N) is 1. The van der Waals surface area contributed by atoms with Gasteiger partial charge in [0.15, 0.2) is 27.4 Å². The van der Waals surface area contributed by atoms with Crippen molar-refractivity contribution in [2.45, 2.75) is 25.5 Å². The lowest BCUT2D eigenvalue weighted by Crippen LogP contribution is -2.43. The minimum absolute atomic E-state index is 0.0475. The van der Waals surface area contributed by atoms with Gasteiger partial charge in [0.05, 0.1) is 29.6 Å². The van der Waals surface area contributed by atoms with E-state index in [4.69, 9.17) is 9.47 Å². The number of hydrogen-bond donors (Lipinski definition) is 1. The largest absolute Gasteiger partial charge is 0.493 e. The number of amides is 1. The van der Waals surface area contributed by atoms with E-state index in [1.54, 1.807) is 0 Å². The summed E-state index contributed by atoms with van der Waals surface area (Å²) < 4.78 is 33.3. The van der Waals surface area contributed by atoms with E-state index in [-0.39, 0.29) is 28.7 Å². The monoisotopic (exact) mass is 358 g/mol. The fraction of sp³-hybridized carbons (Fsp3) is 0.500. The van der Waals surface area contributed by atoms with Crippen molar-refractivity contribution in [3.8, 4) is 11.5 Å². The van der Waals surface area contributed by atoms with Crippen molar-refractivity contribution in [2.75, 3.05) is 18.6 Å². The molecule has 9 nitrogen and oxygen atoms in total. The maximum Gasteiger partial charge on any atom is 0.273 e. The Balaban J connectivity index is 2.05. The molecule has 24 heavy (non-hydrogen) atoms. The van der Waals surface area contributed by atoms with Gasteiger partial charge in [0.2, 0.25) is 0 Å². The average molecular weight is 358 g/mol. The second kappa shape index (κ2) is 7.04. The summed E-state index contributed by atoms with van der Waals surface area (Å²) in [5.74, 6) is -0.222. The lowest BCUT2D eigenvalue weighted by atomic mass is 10.2. The first-order valence-corrected chi connectivity index (χ1v) is 9.04. The van der Waals surface area contributed by atoms with Crippen molar-refractivity contribution in [1.82, 2.24) is 5.32 Å². The molecule has 0 spiro atoms. The van der Waals surface area contributed by atoms with Gasteiger partial charge in [-0.05, 0) is 19.4 Å². The summed E-state index contributed by atoms with van der Waals surface area (Å²) in [6.45, 7) is 1.47. The second-order valence-electron chi connectivity index (χ2n) is 5.46. The van der Waals surface area contributed by atoms with Gasteiger partial charge in [-0.15, -0.1) is 0 Å². The number of sulfone groups is 1. The predicted octanol–water partition coefficient (Wildman–Crippen LogP) is 0.674. The minimum atomic E-state index is -3.10. The Morgan fingerprint density at radius 1 is 1.42 bits per heavy atom. The van der Waals surface area contributed by atoms with Crippen molar-refractivity contribution in [2.24, 2.45) is 0 Å². The predicted molar refractivity (Wildman–Crippen MR) is 84.9 cm³/mol. The van der Waals surface area contributed by atoms with Gasteiger partial charge in [-0.1, -0.05) is 0 Å². The third-order valence-corrected chi connectivity index (χ3v) is 5.38. The number of benzene rings is 1. The molecule has 0 saturated carbocycles. The van der Waals surface area contributed by atoms with Crippen LogP contribution in [0.25, 0.3) is 0 Å². The topological polar surface area (TPSA) is 125 Å². The third kappa shape index (κ3) is 4.34. The van der Waals surface area contributed by atoms with Crippen molar-refractivity contribution >= 4 is 21.4 Å². The molecule has 1 amide bonds. The summed E-state index contributed by atoms with van der Waals surface area (Å²) in [5.41, 5.74) is -0.194. The number of carbonyl (C=O) groups excluding carboxylic acids is 1. The molecule has 1 fully saturated rings. The molecule has 0 radical (unpaired) electrons. The van der Waals surface area contributed by atoms with Crippen LogP contribution in [0.2, 0.25) is 0 Å². The van der Waals surface area contributed by atoms with E-state index in [1.165, 1.54) is 32.2 Å². The summed E-state index contributed by atoms with van der Waals surface area (Å²) in [7, 11) is -1.72. The highest BCUT2D eigenvalue weighted by atomic mass is 32.2. The Morgan fingerprint density at radius 3 is 2.67 bits per heavy atom. The molecule has 1 heterocycles. The van der Waals surface area contributed by atoms with Gasteiger partial charge in [-0.25, -0.2) is 8.42 Å². The minimum Gasteiger partial charge on any atom is -0.493 e. The first kappa shape index (κ1) is 18.0. The Hall–Kier alpha value is -2.36. The molecule has 1 aromatic rings. The van der Waals surface area contributed by atoms with E-state index >= 15 is 0 Å². The smallest absolute Gasteiger partial charge is 0.273 e. The highest BCUT2D eigenvalue weighted by molar-refractivity contribution is 7.91. The van der Waals surface area contributed by atoms with Crippen LogP contribution in [0, 0.1) is 10.1 Å². The van der Waals surface area contributed by atoms with Gasteiger partial charge in [0, 0.05) is 12.1 Å². The maximum atomic E-state index is 12.1. The number of rotatable bonds is 6. The Morgan fingerprint density at radius 2 is 2.12 bits per heavy atom. The standard InChI is InChI=1S/C14H18N2O7S/c1-9(14(17)15-10-5-6-24(20,21)8-10)23-13-7-11(16(18)19)3-4-12(13)22-2/h3-4,7,9-10H,5-6,8H2,1-2H3,(H,15,17)/t9-,10+/m1/s1. The number of hydrogen-bond acceptors (Lipinski definition) is 7. The number of nitro benzene ring substituents is 1. The molecule has 2 atom stereocenters. The zero-order valence-electron chi connectivity index (χ0n) is 13.2. The molecule has 1 aliphatic heterocycles. The van der Waals surface area contributed by atoms with Crippen LogP contribution in [-0.4, -0.2) is 50.0 Å². The van der Waals surface area contributed by atoms with Crippen LogP contribution in [0.4, 0.5) is 5.69 Å². The van der Waals surface area contributed by atoms with E-state index < -0.39 is 32.8 Å². The number of methoxy groups -OCH3 is 1. The molecule has 1 aliphatic rings. The molecular weight excluding hydrogens is 340 g/mol. The second-order valence-corrected chi connectivity index (χ2v) is 7.69. The van der Waals surface area contributed by atoms with E-state index in [2.05, 4.69) is 5.32 Å². The van der Waals surface area contributed by atoms with Crippen LogP contribution < -0.4 is 14.8 Å². The van der Waals surface area contributed by atoms with Crippen LogP contribution >= 0.6 is 0 Å². The fourth-order valence-electron chi connectivity index (χ4n) is 2.34. The summed E-state index contributed by atoms with van der Waals surface area (Å²) in [6.07, 6.45) is -0.606. The molecule has 1 saturated heterocycles. The maximum absolute atomic E-state index is 12.1. The molecule has 0 bridgehead atoms. The molecule has 1 aromatic carbocycles. The lowest BCUT2D eigenvalue weighted by Gasteiger charge is -2.18. The van der Waals surface area contributed by atoms with E-state index in [1.807, 2.05) is 0 Å². The van der Waals surface area contributed by atoms with E-state index in [0.29, 0.717) is 6.42 Å². The molecule has 0 aromatic heterocycles. The van der Waals surface area contributed by atoms with Crippen molar-refractivity contribution in [3.05, 3.63) is 28.3 Å². The van der Waals surface area contributed by atoms with Crippen LogP contribution in [0.15, 0.2) is 18.2 Å². The lowest BCUT2D eigenvalue weighted by molar-refractivity contribution is -0.385. The van der Waals surface area contributed by atoms with E-state index in [0.717, 1.165) is 0 Å². The van der Waals surface area contributed by atoms with Crippen LogP contribution in [-0.2, 0) is 14.6 Å². The van der Waals surface area contributed by atoms with Gasteiger partial charge < -0.3 is 14.8 Å². The van der Waals surface area contributed by atoms with Gasteiger partial charge in [-0.2, -0.15) is 0 Å². The van der Waals surface area contributed by atoms with Crippen molar-refractivity contribution in [3.63, 3.8) is 0 Å². The molecule has 10 heteroatoms. The van der Waals surface area contributed by atoms with Crippen LogP contribution in [0.1, 0.15) is 13.3 Å². The Labute approximate surface area is 139 Å². The normalized spacial score (nSPS) is 20.2. The number of carbonyl (C=O) groups is 1. The van der Waals surface area contributed by atoms with Gasteiger partial charge in [0.1, 0.15) is 0 Å². The Bertz CT molecular complexity index is 747. The number of nitro groups is 1. The SMILES string of the molecule is COc1ccc([N+](=O)[O-])cc1O[C@H](C)C(=O)N[C@H]1CCS(=O)(=O)C1. The van der Waals surface area contributed by atoms with E-state index in [9.17, 15) is 23.3 Å². The van der Waals surface area contributed by atoms with Crippen LogP contribution in [0.5, 0.6) is 11.5 Å². The van der Waals surface area contributed by atoms with Gasteiger partial charge in [-0.3, -0.25) is 14.9 Å². The van der Waals surface area contributed by atoms with Crippen LogP contribution in [0.3, 0.4) is 0 Å². The fourth-order valence-corrected chi connectivity index (χ4v) is 4.02. The summed E-state index contributed by atoms with van der Waals surface area (Å²) in [4.78, 5) is 22.4.